The van der Waals surface area contributed by atoms with Crippen LogP contribution >= 0.6 is 0 Å². The normalized spacial score (nSPS) is 19.9. The predicted octanol–water partition coefficient (Wildman–Crippen LogP) is 1.99. The zero-order chi connectivity index (χ0) is 14.7. The summed E-state index contributed by atoms with van der Waals surface area (Å²) in [6.07, 6.45) is 2.99. The molecule has 1 aromatic heterocycles. The molecule has 5 nitrogen and oxygen atoms in total. The zero-order valence-corrected chi connectivity index (χ0v) is 12.7. The van der Waals surface area contributed by atoms with E-state index in [1.165, 1.54) is 12.1 Å². The third-order valence-electron chi connectivity index (χ3n) is 4.12. The van der Waals surface area contributed by atoms with Crippen molar-refractivity contribution in [1.29, 1.82) is 0 Å². The summed E-state index contributed by atoms with van der Waals surface area (Å²) in [4.78, 5) is 6.77. The largest absolute Gasteiger partial charge is 0.371 e. The monoisotopic (exact) mass is 285 g/mol. The maximum Gasteiger partial charge on any atom is 0.167 e. The number of nitrogens with zero attached hydrogens (tertiary/aromatic N) is 4. The van der Waals surface area contributed by atoms with E-state index in [4.69, 9.17) is 0 Å². The van der Waals surface area contributed by atoms with E-state index in [-0.39, 0.29) is 6.04 Å². The summed E-state index contributed by atoms with van der Waals surface area (Å²) in [5.74, 6) is 1.56. The molecule has 0 amide bonds. The lowest BCUT2D eigenvalue weighted by Gasteiger charge is -2.19. The van der Waals surface area contributed by atoms with E-state index in [2.05, 4.69) is 57.6 Å². The Morgan fingerprint density at radius 1 is 1.33 bits per heavy atom. The number of aryl methyl sites for hydroxylation is 1. The Bertz CT molecular complexity index is 565. The lowest BCUT2D eigenvalue weighted by Crippen LogP contribution is -2.28. The van der Waals surface area contributed by atoms with Crippen molar-refractivity contribution in [3.63, 3.8) is 0 Å². The number of benzene rings is 1. The fraction of sp³-hybridized carbons (Fsp3) is 0.500. The van der Waals surface area contributed by atoms with Gasteiger partial charge in [0.1, 0.15) is 6.33 Å². The third kappa shape index (κ3) is 3.42. The van der Waals surface area contributed by atoms with Gasteiger partial charge in [-0.1, -0.05) is 18.2 Å². The molecule has 21 heavy (non-hydrogen) atoms. The molecule has 0 spiro atoms. The van der Waals surface area contributed by atoms with E-state index in [0.29, 0.717) is 5.92 Å². The molecule has 112 valence electrons. The Morgan fingerprint density at radius 3 is 2.86 bits per heavy atom. The van der Waals surface area contributed by atoms with E-state index in [9.17, 15) is 0 Å². The molecule has 0 bridgehead atoms. The van der Waals surface area contributed by atoms with E-state index < -0.39 is 0 Å². The summed E-state index contributed by atoms with van der Waals surface area (Å²) in [6.45, 7) is 5.41. The molecular weight excluding hydrogens is 262 g/mol. The van der Waals surface area contributed by atoms with Gasteiger partial charge in [0, 0.05) is 32.4 Å². The Hall–Kier alpha value is -1.88. The third-order valence-corrected chi connectivity index (χ3v) is 4.12. The molecule has 1 aliphatic rings. The molecule has 0 aliphatic carbocycles. The molecule has 3 rings (SSSR count). The average Bonchev–Trinajstić information content (AvgIpc) is 3.15. The molecule has 1 N–H and O–H groups in total. The van der Waals surface area contributed by atoms with Gasteiger partial charge in [-0.3, -0.25) is 4.68 Å². The summed E-state index contributed by atoms with van der Waals surface area (Å²) >= 11 is 0. The zero-order valence-electron chi connectivity index (χ0n) is 12.7. The minimum absolute atomic E-state index is 0.206. The maximum atomic E-state index is 4.35. The summed E-state index contributed by atoms with van der Waals surface area (Å²) in [6, 6.07) is 10.9. The van der Waals surface area contributed by atoms with Gasteiger partial charge in [0.25, 0.3) is 0 Å². The quantitative estimate of drug-likeness (QED) is 0.912. The van der Waals surface area contributed by atoms with Crippen molar-refractivity contribution in [1.82, 2.24) is 20.1 Å². The van der Waals surface area contributed by atoms with Crippen LogP contribution in [-0.4, -0.2) is 34.4 Å². The van der Waals surface area contributed by atoms with Crippen LogP contribution in [0.2, 0.25) is 0 Å². The van der Waals surface area contributed by atoms with Crippen LogP contribution in [0.5, 0.6) is 0 Å². The highest BCUT2D eigenvalue weighted by Crippen LogP contribution is 2.23. The number of anilines is 1. The number of aromatic nitrogens is 3. The van der Waals surface area contributed by atoms with Crippen LogP contribution in [0.4, 0.5) is 5.69 Å². The van der Waals surface area contributed by atoms with Crippen LogP contribution < -0.4 is 10.2 Å². The highest BCUT2D eigenvalue weighted by molar-refractivity contribution is 5.46. The number of nitrogens with one attached hydrogen (secondary N) is 1. The second-order valence-corrected chi connectivity index (χ2v) is 5.84. The minimum Gasteiger partial charge on any atom is -0.371 e. The molecule has 5 heteroatoms. The van der Waals surface area contributed by atoms with Gasteiger partial charge < -0.3 is 10.2 Å². The van der Waals surface area contributed by atoms with Gasteiger partial charge in [0.15, 0.2) is 5.82 Å². The molecule has 1 saturated heterocycles. The highest BCUT2D eigenvalue weighted by Gasteiger charge is 2.23. The van der Waals surface area contributed by atoms with Gasteiger partial charge >= 0.3 is 0 Å². The lowest BCUT2D eigenvalue weighted by molar-refractivity contribution is 0.460. The number of hydrogen-bond donors (Lipinski definition) is 1. The Morgan fingerprint density at radius 2 is 2.14 bits per heavy atom. The van der Waals surface area contributed by atoms with Gasteiger partial charge in [-0.2, -0.15) is 5.10 Å². The van der Waals surface area contributed by atoms with Crippen molar-refractivity contribution in [2.45, 2.75) is 19.4 Å². The van der Waals surface area contributed by atoms with Crippen molar-refractivity contribution >= 4 is 5.69 Å². The molecule has 0 saturated carbocycles. The standard InChI is InChI=1S/C16H23N5/c1-13(16-18-12-20(2)19-16)17-10-14-8-9-21(11-14)15-6-4-3-5-7-15/h3-7,12-14,17H,8-11H2,1-2H3/t13-,14-/m1/s1. The van der Waals surface area contributed by atoms with Crippen LogP contribution in [0.3, 0.4) is 0 Å². The second-order valence-electron chi connectivity index (χ2n) is 5.84. The van der Waals surface area contributed by atoms with Crippen molar-refractivity contribution in [3.05, 3.63) is 42.5 Å². The molecule has 2 atom stereocenters. The smallest absolute Gasteiger partial charge is 0.167 e. The van der Waals surface area contributed by atoms with Crippen LogP contribution in [-0.2, 0) is 7.05 Å². The van der Waals surface area contributed by atoms with Crippen LogP contribution in [0.15, 0.2) is 36.7 Å². The Labute approximate surface area is 126 Å². The van der Waals surface area contributed by atoms with Crippen molar-refractivity contribution < 1.29 is 0 Å². The molecule has 1 fully saturated rings. The molecule has 1 aliphatic heterocycles. The van der Waals surface area contributed by atoms with Gasteiger partial charge in [-0.25, -0.2) is 4.98 Å². The van der Waals surface area contributed by atoms with Gasteiger partial charge in [0.05, 0.1) is 6.04 Å². The summed E-state index contributed by atoms with van der Waals surface area (Å²) < 4.78 is 1.75. The van der Waals surface area contributed by atoms with Gasteiger partial charge in [0.2, 0.25) is 0 Å². The summed E-state index contributed by atoms with van der Waals surface area (Å²) in [5, 5.41) is 7.91. The van der Waals surface area contributed by atoms with Crippen LogP contribution in [0, 0.1) is 5.92 Å². The van der Waals surface area contributed by atoms with E-state index in [1.807, 2.05) is 7.05 Å². The van der Waals surface area contributed by atoms with Crippen molar-refractivity contribution in [3.8, 4) is 0 Å². The first kappa shape index (κ1) is 14.1. The van der Waals surface area contributed by atoms with Gasteiger partial charge in [-0.15, -0.1) is 0 Å². The SMILES string of the molecule is C[C@@H](NC[C@H]1CCN(c2ccccc2)C1)c1ncn(C)n1. The Kier molecular flexibility index (Phi) is 4.20. The molecular formula is C16H23N5. The second kappa shape index (κ2) is 6.26. The van der Waals surface area contributed by atoms with E-state index >= 15 is 0 Å². The molecule has 2 aromatic rings. The molecule has 0 radical (unpaired) electrons. The minimum atomic E-state index is 0.206. The predicted molar refractivity (Wildman–Crippen MR) is 84.2 cm³/mol. The Balaban J connectivity index is 1.49. The molecule has 0 unspecified atom stereocenters. The summed E-state index contributed by atoms with van der Waals surface area (Å²) in [5.41, 5.74) is 1.33. The first-order chi connectivity index (χ1) is 10.2. The first-order valence-electron chi connectivity index (χ1n) is 7.61. The maximum absolute atomic E-state index is 4.35. The number of rotatable bonds is 5. The lowest BCUT2D eigenvalue weighted by atomic mass is 10.1. The van der Waals surface area contributed by atoms with Crippen molar-refractivity contribution in [2.75, 3.05) is 24.5 Å². The molecule has 1 aromatic carbocycles. The van der Waals surface area contributed by atoms with Crippen LogP contribution in [0.1, 0.15) is 25.2 Å². The summed E-state index contributed by atoms with van der Waals surface area (Å²) in [7, 11) is 1.90. The van der Waals surface area contributed by atoms with E-state index in [1.54, 1.807) is 11.0 Å². The van der Waals surface area contributed by atoms with Crippen molar-refractivity contribution in [2.24, 2.45) is 13.0 Å². The van der Waals surface area contributed by atoms with Gasteiger partial charge in [-0.05, 0) is 31.4 Å². The first-order valence-corrected chi connectivity index (χ1v) is 7.61. The van der Waals surface area contributed by atoms with E-state index in [0.717, 1.165) is 25.5 Å². The number of para-hydroxylation sites is 1. The average molecular weight is 285 g/mol. The highest BCUT2D eigenvalue weighted by atomic mass is 15.3. The van der Waals surface area contributed by atoms with Crippen LogP contribution in [0.25, 0.3) is 0 Å². The fourth-order valence-electron chi connectivity index (χ4n) is 2.86. The fourth-order valence-corrected chi connectivity index (χ4v) is 2.86. The molecule has 2 heterocycles. The number of hydrogen-bond acceptors (Lipinski definition) is 4. The topological polar surface area (TPSA) is 46.0 Å².